The van der Waals surface area contributed by atoms with Crippen molar-refractivity contribution >= 4 is 29.3 Å². The van der Waals surface area contributed by atoms with Crippen LogP contribution in [0.3, 0.4) is 0 Å². The van der Waals surface area contributed by atoms with Crippen LogP contribution in [0.15, 0.2) is 11.4 Å². The maximum atomic E-state index is 12.1. The van der Waals surface area contributed by atoms with E-state index in [9.17, 15) is 4.79 Å². The number of aromatic nitrogens is 2. The Balaban J connectivity index is 2.00. The van der Waals surface area contributed by atoms with Crippen molar-refractivity contribution in [1.82, 2.24) is 25.3 Å². The van der Waals surface area contributed by atoms with Gasteiger partial charge in [-0.25, -0.2) is 15.0 Å². The maximum Gasteiger partial charge on any atom is 0.270 e. The summed E-state index contributed by atoms with van der Waals surface area (Å²) < 4.78 is 0. The second-order valence-electron chi connectivity index (χ2n) is 4.29. The number of piperazine rings is 1. The molecule has 1 saturated heterocycles. The molecule has 0 radical (unpaired) electrons. The molecule has 1 aliphatic rings. The second kappa shape index (κ2) is 6.51. The van der Waals surface area contributed by atoms with Crippen molar-refractivity contribution < 1.29 is 4.79 Å². The van der Waals surface area contributed by atoms with Gasteiger partial charge < -0.3 is 4.90 Å². The van der Waals surface area contributed by atoms with E-state index >= 15 is 0 Å². The van der Waals surface area contributed by atoms with Crippen molar-refractivity contribution in [3.63, 3.8) is 0 Å². The Morgan fingerprint density at radius 1 is 1.42 bits per heavy atom. The van der Waals surface area contributed by atoms with E-state index in [4.69, 9.17) is 11.6 Å². The number of rotatable bonds is 3. The summed E-state index contributed by atoms with van der Waals surface area (Å²) in [5.74, 6) is -0.262. The molecular weight excluding hydrogens is 286 g/mol. The van der Waals surface area contributed by atoms with Gasteiger partial charge in [0.2, 0.25) is 0 Å². The predicted molar refractivity (Wildman–Crippen MR) is 75.4 cm³/mol. The van der Waals surface area contributed by atoms with Gasteiger partial charge in [0.05, 0.1) is 5.56 Å². The van der Waals surface area contributed by atoms with Gasteiger partial charge in [0.15, 0.2) is 5.16 Å². The molecule has 0 unspecified atom stereocenters. The zero-order chi connectivity index (χ0) is 13.8. The molecule has 0 spiro atoms. The molecule has 0 aliphatic carbocycles. The van der Waals surface area contributed by atoms with Crippen LogP contribution in [0, 0.1) is 0 Å². The summed E-state index contributed by atoms with van der Waals surface area (Å²) in [6, 6.07) is 0. The van der Waals surface area contributed by atoms with Crippen LogP contribution >= 0.6 is 23.4 Å². The highest BCUT2D eigenvalue weighted by Crippen LogP contribution is 2.16. The van der Waals surface area contributed by atoms with Gasteiger partial charge in [-0.1, -0.05) is 23.4 Å². The van der Waals surface area contributed by atoms with Gasteiger partial charge in [0.25, 0.3) is 5.91 Å². The Labute approximate surface area is 121 Å². The minimum absolute atomic E-state index is 0.186. The van der Waals surface area contributed by atoms with E-state index in [0.29, 0.717) is 10.7 Å². The van der Waals surface area contributed by atoms with E-state index in [1.807, 2.05) is 11.3 Å². The van der Waals surface area contributed by atoms with Crippen LogP contribution in [0.2, 0.25) is 5.15 Å². The van der Waals surface area contributed by atoms with Crippen LogP contribution in [0.1, 0.15) is 10.4 Å². The molecule has 1 fully saturated rings. The van der Waals surface area contributed by atoms with Crippen LogP contribution in [0.25, 0.3) is 0 Å². The van der Waals surface area contributed by atoms with Crippen molar-refractivity contribution in [2.24, 2.45) is 0 Å². The lowest BCUT2D eigenvalue weighted by atomic mass is 10.3. The zero-order valence-electron chi connectivity index (χ0n) is 10.9. The number of carbonyl (C=O) groups excluding carboxylic acids is 1. The molecule has 0 bridgehead atoms. The van der Waals surface area contributed by atoms with Crippen LogP contribution in [0.5, 0.6) is 0 Å². The average molecular weight is 302 g/mol. The fraction of sp³-hybridized carbons (Fsp3) is 0.545. The highest BCUT2D eigenvalue weighted by molar-refractivity contribution is 7.98. The number of thioether (sulfide) groups is 1. The summed E-state index contributed by atoms with van der Waals surface area (Å²) in [5.41, 5.74) is 3.13. The highest BCUT2D eigenvalue weighted by Gasteiger charge is 2.19. The molecule has 1 N–H and O–H groups in total. The van der Waals surface area contributed by atoms with Crippen molar-refractivity contribution in [2.45, 2.75) is 5.16 Å². The molecule has 2 rings (SSSR count). The van der Waals surface area contributed by atoms with E-state index in [-0.39, 0.29) is 11.1 Å². The minimum atomic E-state index is -0.262. The lowest BCUT2D eigenvalue weighted by molar-refractivity contribution is 0.0662. The highest BCUT2D eigenvalue weighted by atomic mass is 35.5. The standard InChI is InChI=1S/C11H16ClN5OS/c1-16-3-5-17(6-4-16)15-10(18)8-7-13-11(19-2)14-9(8)12/h7H,3-6H2,1-2H3,(H,15,18). The van der Waals surface area contributed by atoms with Gasteiger partial charge in [-0.15, -0.1) is 0 Å². The number of halogens is 1. The monoisotopic (exact) mass is 301 g/mol. The number of amides is 1. The Bertz CT molecular complexity index is 464. The van der Waals surface area contributed by atoms with Gasteiger partial charge in [-0.05, 0) is 13.3 Å². The van der Waals surface area contributed by atoms with E-state index in [0.717, 1.165) is 26.2 Å². The Kier molecular flexibility index (Phi) is 4.98. The fourth-order valence-electron chi connectivity index (χ4n) is 1.72. The Morgan fingerprint density at radius 3 is 2.68 bits per heavy atom. The van der Waals surface area contributed by atoms with Crippen molar-refractivity contribution in [1.29, 1.82) is 0 Å². The molecular formula is C11H16ClN5OS. The number of likely N-dealkylation sites (N-methyl/N-ethyl adjacent to an activating group) is 1. The van der Waals surface area contributed by atoms with Gasteiger partial charge in [0, 0.05) is 32.4 Å². The summed E-state index contributed by atoms with van der Waals surface area (Å²) in [5, 5.41) is 2.63. The lowest BCUT2D eigenvalue weighted by Gasteiger charge is -2.32. The van der Waals surface area contributed by atoms with E-state index < -0.39 is 0 Å². The normalized spacial score (nSPS) is 17.4. The smallest absolute Gasteiger partial charge is 0.270 e. The lowest BCUT2D eigenvalue weighted by Crippen LogP contribution is -2.52. The van der Waals surface area contributed by atoms with E-state index in [2.05, 4.69) is 27.3 Å². The Hall–Kier alpha value is -0.890. The summed E-state index contributed by atoms with van der Waals surface area (Å²) in [4.78, 5) is 22.4. The van der Waals surface area contributed by atoms with Crippen LogP contribution in [0.4, 0.5) is 0 Å². The van der Waals surface area contributed by atoms with E-state index in [1.165, 1.54) is 18.0 Å². The summed E-state index contributed by atoms with van der Waals surface area (Å²) in [6.45, 7) is 3.44. The number of carbonyl (C=O) groups is 1. The summed E-state index contributed by atoms with van der Waals surface area (Å²) >= 11 is 7.38. The first-order valence-corrected chi connectivity index (χ1v) is 7.51. The molecule has 104 valence electrons. The number of nitrogens with zero attached hydrogens (tertiary/aromatic N) is 4. The van der Waals surface area contributed by atoms with Crippen LogP contribution in [-0.4, -0.2) is 65.3 Å². The number of hydrazine groups is 1. The third-order valence-electron chi connectivity index (χ3n) is 2.91. The van der Waals surface area contributed by atoms with Gasteiger partial charge in [0.1, 0.15) is 5.15 Å². The van der Waals surface area contributed by atoms with Gasteiger partial charge >= 0.3 is 0 Å². The number of hydrogen-bond acceptors (Lipinski definition) is 6. The molecule has 1 amide bonds. The van der Waals surface area contributed by atoms with E-state index in [1.54, 1.807) is 0 Å². The molecule has 6 nitrogen and oxygen atoms in total. The maximum absolute atomic E-state index is 12.1. The molecule has 1 aromatic heterocycles. The Morgan fingerprint density at radius 2 is 2.11 bits per heavy atom. The molecule has 0 atom stereocenters. The largest absolute Gasteiger partial charge is 0.304 e. The van der Waals surface area contributed by atoms with Crippen molar-refractivity contribution in [3.8, 4) is 0 Å². The van der Waals surface area contributed by atoms with Gasteiger partial charge in [-0.3, -0.25) is 10.2 Å². The molecule has 0 saturated carbocycles. The predicted octanol–water partition coefficient (Wildman–Crippen LogP) is 0.744. The van der Waals surface area contributed by atoms with Gasteiger partial charge in [-0.2, -0.15) is 0 Å². The van der Waals surface area contributed by atoms with Crippen molar-refractivity contribution in [2.75, 3.05) is 39.5 Å². The molecule has 8 heteroatoms. The average Bonchev–Trinajstić information content (AvgIpc) is 2.41. The minimum Gasteiger partial charge on any atom is -0.304 e. The zero-order valence-corrected chi connectivity index (χ0v) is 12.5. The second-order valence-corrected chi connectivity index (χ2v) is 5.42. The third kappa shape index (κ3) is 3.79. The molecule has 0 aromatic carbocycles. The molecule has 19 heavy (non-hydrogen) atoms. The third-order valence-corrected chi connectivity index (χ3v) is 3.76. The first kappa shape index (κ1) is 14.5. The summed E-state index contributed by atoms with van der Waals surface area (Å²) in [6.07, 6.45) is 3.32. The van der Waals surface area contributed by atoms with Crippen molar-refractivity contribution in [3.05, 3.63) is 16.9 Å². The molecule has 1 aromatic rings. The quantitative estimate of drug-likeness (QED) is 0.505. The number of hydrogen-bond donors (Lipinski definition) is 1. The topological polar surface area (TPSA) is 61.4 Å². The molecule has 2 heterocycles. The molecule has 1 aliphatic heterocycles. The SMILES string of the molecule is CSc1ncc(C(=O)NN2CCN(C)CC2)c(Cl)n1. The summed E-state index contributed by atoms with van der Waals surface area (Å²) in [7, 11) is 2.06. The fourth-order valence-corrected chi connectivity index (χ4v) is 2.32. The number of nitrogens with one attached hydrogen (secondary N) is 1. The van der Waals surface area contributed by atoms with Crippen LogP contribution in [-0.2, 0) is 0 Å². The first-order chi connectivity index (χ1) is 9.10. The first-order valence-electron chi connectivity index (χ1n) is 5.91. The van der Waals surface area contributed by atoms with Crippen LogP contribution < -0.4 is 5.43 Å².